The minimum atomic E-state index is 0.398. The highest BCUT2D eigenvalue weighted by Gasteiger charge is 1.92. The van der Waals surface area contributed by atoms with Crippen LogP contribution in [-0.4, -0.2) is 19.3 Å². The molecule has 1 aromatic rings. The Balaban J connectivity index is 0.000000366. The number of hydrogen-bond donors (Lipinski definition) is 1. The lowest BCUT2D eigenvalue weighted by atomic mass is 10.2. The summed E-state index contributed by atoms with van der Waals surface area (Å²) in [5.41, 5.74) is 6.57. The minimum absolute atomic E-state index is 0.398. The fourth-order valence-electron chi connectivity index (χ4n) is 1.26. The zero-order valence-electron chi connectivity index (χ0n) is 11.4. The molecule has 1 rings (SSSR count). The topological polar surface area (TPSA) is 44.5 Å². The second-order valence-corrected chi connectivity index (χ2v) is 3.79. The van der Waals surface area contributed by atoms with Crippen molar-refractivity contribution in [3.63, 3.8) is 0 Å². The number of ether oxygens (including phenoxy) is 2. The van der Waals surface area contributed by atoms with Crippen LogP contribution < -0.4 is 10.5 Å². The van der Waals surface area contributed by atoms with E-state index < -0.39 is 0 Å². The molecule has 0 heterocycles. The smallest absolute Gasteiger partial charge is 0.119 e. The van der Waals surface area contributed by atoms with Crippen molar-refractivity contribution < 1.29 is 9.47 Å². The van der Waals surface area contributed by atoms with E-state index >= 15 is 0 Å². The number of rotatable bonds is 5. The molecule has 1 aromatic carbocycles. The second-order valence-electron chi connectivity index (χ2n) is 3.79. The van der Waals surface area contributed by atoms with Gasteiger partial charge in [-0.1, -0.05) is 12.1 Å². The monoisotopic (exact) mass is 239 g/mol. The van der Waals surface area contributed by atoms with Crippen LogP contribution in [-0.2, 0) is 11.3 Å². The molecule has 0 bridgehead atoms. The van der Waals surface area contributed by atoms with Crippen LogP contribution in [0.2, 0.25) is 0 Å². The summed E-state index contributed by atoms with van der Waals surface area (Å²) in [6.45, 7) is 10.1. The lowest BCUT2D eigenvalue weighted by molar-refractivity contribution is 0.0899. The molecule has 0 aliphatic heterocycles. The van der Waals surface area contributed by atoms with Gasteiger partial charge in [-0.3, -0.25) is 0 Å². The van der Waals surface area contributed by atoms with E-state index in [0.29, 0.717) is 19.3 Å². The van der Waals surface area contributed by atoms with Gasteiger partial charge in [0.2, 0.25) is 0 Å². The predicted octanol–water partition coefficient (Wildman–Crippen LogP) is 2.98. The van der Waals surface area contributed by atoms with Gasteiger partial charge in [-0.2, -0.15) is 0 Å². The van der Waals surface area contributed by atoms with E-state index in [4.69, 9.17) is 15.2 Å². The second kappa shape index (κ2) is 10.1. The average Bonchev–Trinajstić information content (AvgIpc) is 2.30. The number of nitrogens with two attached hydrogens (primary N) is 1. The first-order valence-corrected chi connectivity index (χ1v) is 6.17. The van der Waals surface area contributed by atoms with E-state index in [1.54, 1.807) is 0 Å². The summed E-state index contributed by atoms with van der Waals surface area (Å²) < 4.78 is 10.3. The molecule has 0 aliphatic carbocycles. The van der Waals surface area contributed by atoms with Crippen molar-refractivity contribution >= 4 is 0 Å². The highest BCUT2D eigenvalue weighted by atomic mass is 16.5. The van der Waals surface area contributed by atoms with Gasteiger partial charge in [0.1, 0.15) is 5.75 Å². The zero-order chi connectivity index (χ0) is 13.1. The lowest BCUT2D eigenvalue weighted by Gasteiger charge is -2.03. The van der Waals surface area contributed by atoms with Gasteiger partial charge in [-0.15, -0.1) is 0 Å². The molecule has 2 N–H and O–H groups in total. The van der Waals surface area contributed by atoms with Crippen molar-refractivity contribution in [1.29, 1.82) is 0 Å². The van der Waals surface area contributed by atoms with Gasteiger partial charge in [-0.25, -0.2) is 0 Å². The SMILES string of the molecule is CCOC(C)C.CCOc1cccc(CN)c1. The van der Waals surface area contributed by atoms with E-state index in [-0.39, 0.29) is 0 Å². The molecule has 0 fully saturated rings. The van der Waals surface area contributed by atoms with Gasteiger partial charge >= 0.3 is 0 Å². The first-order chi connectivity index (χ1) is 8.13. The lowest BCUT2D eigenvalue weighted by Crippen LogP contribution is -1.99. The maximum Gasteiger partial charge on any atom is 0.119 e. The first kappa shape index (κ1) is 15.9. The molecular weight excluding hydrogens is 214 g/mol. The highest BCUT2D eigenvalue weighted by molar-refractivity contribution is 5.28. The van der Waals surface area contributed by atoms with E-state index in [1.807, 2.05) is 52.0 Å². The van der Waals surface area contributed by atoms with Crippen LogP contribution in [0.25, 0.3) is 0 Å². The van der Waals surface area contributed by atoms with Crippen molar-refractivity contribution in [3.05, 3.63) is 29.8 Å². The predicted molar refractivity (Wildman–Crippen MR) is 72.3 cm³/mol. The summed E-state index contributed by atoms with van der Waals surface area (Å²) in [4.78, 5) is 0. The Labute approximate surface area is 105 Å². The van der Waals surface area contributed by atoms with Crippen molar-refractivity contribution in [2.45, 2.75) is 40.3 Å². The summed E-state index contributed by atoms with van der Waals surface area (Å²) in [6.07, 6.45) is 0.398. The van der Waals surface area contributed by atoms with E-state index in [0.717, 1.165) is 17.9 Å². The largest absolute Gasteiger partial charge is 0.494 e. The van der Waals surface area contributed by atoms with E-state index in [1.165, 1.54) is 0 Å². The molecule has 0 atom stereocenters. The molecule has 0 radical (unpaired) electrons. The number of hydrogen-bond acceptors (Lipinski definition) is 3. The molecule has 0 aromatic heterocycles. The van der Waals surface area contributed by atoms with Crippen molar-refractivity contribution in [3.8, 4) is 5.75 Å². The third-order valence-corrected chi connectivity index (χ3v) is 1.95. The molecular formula is C14H25NO2. The standard InChI is InChI=1S/C9H13NO.C5H12O/c1-2-11-9-5-3-4-8(6-9)7-10;1-4-6-5(2)3/h3-6H,2,7,10H2,1H3;5H,4H2,1-3H3. The van der Waals surface area contributed by atoms with Gasteiger partial charge in [0, 0.05) is 13.2 Å². The summed E-state index contributed by atoms with van der Waals surface area (Å²) in [6, 6.07) is 7.84. The maximum atomic E-state index is 5.46. The van der Waals surface area contributed by atoms with E-state index in [9.17, 15) is 0 Å². The Morgan fingerprint density at radius 1 is 1.18 bits per heavy atom. The van der Waals surface area contributed by atoms with Crippen LogP contribution in [0.3, 0.4) is 0 Å². The minimum Gasteiger partial charge on any atom is -0.494 e. The molecule has 0 saturated heterocycles. The summed E-state index contributed by atoms with van der Waals surface area (Å²) in [5, 5.41) is 0. The quantitative estimate of drug-likeness (QED) is 0.859. The Bertz CT molecular complexity index is 287. The van der Waals surface area contributed by atoms with Crippen LogP contribution >= 0.6 is 0 Å². The van der Waals surface area contributed by atoms with Crippen LogP contribution in [0.1, 0.15) is 33.3 Å². The van der Waals surface area contributed by atoms with Crippen molar-refractivity contribution in [2.24, 2.45) is 5.73 Å². The first-order valence-electron chi connectivity index (χ1n) is 6.17. The number of benzene rings is 1. The molecule has 3 heteroatoms. The van der Waals surface area contributed by atoms with E-state index in [2.05, 4.69) is 0 Å². The van der Waals surface area contributed by atoms with Gasteiger partial charge in [-0.05, 0) is 45.4 Å². The Morgan fingerprint density at radius 3 is 2.29 bits per heavy atom. The Hall–Kier alpha value is -1.06. The van der Waals surface area contributed by atoms with Crippen molar-refractivity contribution in [1.82, 2.24) is 0 Å². The van der Waals surface area contributed by atoms with Gasteiger partial charge < -0.3 is 15.2 Å². The molecule has 0 aliphatic rings. The third kappa shape index (κ3) is 8.72. The van der Waals surface area contributed by atoms with Crippen LogP contribution in [0.4, 0.5) is 0 Å². The van der Waals surface area contributed by atoms with Gasteiger partial charge in [0.25, 0.3) is 0 Å². The zero-order valence-corrected chi connectivity index (χ0v) is 11.4. The van der Waals surface area contributed by atoms with Crippen LogP contribution in [0, 0.1) is 0 Å². The Morgan fingerprint density at radius 2 is 1.88 bits per heavy atom. The molecule has 98 valence electrons. The summed E-state index contributed by atoms with van der Waals surface area (Å²) >= 11 is 0. The maximum absolute atomic E-state index is 5.46. The van der Waals surface area contributed by atoms with Gasteiger partial charge in [0.05, 0.1) is 12.7 Å². The third-order valence-electron chi connectivity index (χ3n) is 1.95. The fourth-order valence-corrected chi connectivity index (χ4v) is 1.26. The highest BCUT2D eigenvalue weighted by Crippen LogP contribution is 2.12. The molecule has 17 heavy (non-hydrogen) atoms. The summed E-state index contributed by atoms with van der Waals surface area (Å²) in [5.74, 6) is 0.899. The average molecular weight is 239 g/mol. The van der Waals surface area contributed by atoms with Gasteiger partial charge in [0.15, 0.2) is 0 Å². The summed E-state index contributed by atoms with van der Waals surface area (Å²) in [7, 11) is 0. The van der Waals surface area contributed by atoms with Crippen molar-refractivity contribution in [2.75, 3.05) is 13.2 Å². The molecule has 0 amide bonds. The normalized spacial score (nSPS) is 9.76. The molecule has 0 unspecified atom stereocenters. The molecule has 0 spiro atoms. The molecule has 3 nitrogen and oxygen atoms in total. The van der Waals surface area contributed by atoms with Crippen LogP contribution in [0.5, 0.6) is 5.75 Å². The van der Waals surface area contributed by atoms with Crippen LogP contribution in [0.15, 0.2) is 24.3 Å². The fraction of sp³-hybridized carbons (Fsp3) is 0.571. The Kier molecular flexibility index (Phi) is 9.49. The molecule has 0 saturated carbocycles.